The van der Waals surface area contributed by atoms with Gasteiger partial charge >= 0.3 is 0 Å². The van der Waals surface area contributed by atoms with Gasteiger partial charge in [-0.2, -0.15) is 0 Å². The van der Waals surface area contributed by atoms with Crippen LogP contribution in [0.25, 0.3) is 5.70 Å². The van der Waals surface area contributed by atoms with E-state index < -0.39 is 11.9 Å². The number of aliphatic hydroxyl groups excluding tert-OH is 1. The van der Waals surface area contributed by atoms with E-state index in [4.69, 9.17) is 11.5 Å². The van der Waals surface area contributed by atoms with Crippen LogP contribution in [0.4, 0.5) is 16.2 Å². The lowest BCUT2D eigenvalue weighted by molar-refractivity contribution is 0.211. The Hall–Kier alpha value is -3.20. The summed E-state index contributed by atoms with van der Waals surface area (Å²) in [5.41, 5.74) is 15.0. The van der Waals surface area contributed by atoms with Gasteiger partial charge in [0.2, 0.25) is 5.95 Å². The summed E-state index contributed by atoms with van der Waals surface area (Å²) in [5, 5.41) is 10.8. The number of piperidine rings is 1. The Bertz CT molecular complexity index is 1090. The van der Waals surface area contributed by atoms with Gasteiger partial charge in [-0.3, -0.25) is 0 Å². The molecule has 9 heteroatoms. The molecule has 2 aromatic rings. The van der Waals surface area contributed by atoms with Crippen molar-refractivity contribution in [1.29, 1.82) is 0 Å². The third-order valence-corrected chi connectivity index (χ3v) is 6.65. The summed E-state index contributed by atoms with van der Waals surface area (Å²) in [4.78, 5) is 17.2. The second-order valence-electron chi connectivity index (χ2n) is 8.80. The van der Waals surface area contributed by atoms with Gasteiger partial charge in [-0.05, 0) is 63.5 Å². The van der Waals surface area contributed by atoms with Crippen molar-refractivity contribution in [2.45, 2.75) is 45.1 Å². The van der Waals surface area contributed by atoms with Crippen molar-refractivity contribution in [3.63, 3.8) is 0 Å². The van der Waals surface area contributed by atoms with Crippen LogP contribution in [0.2, 0.25) is 0 Å². The molecule has 0 aliphatic carbocycles. The average Bonchev–Trinajstić information content (AvgIpc) is 2.79. The van der Waals surface area contributed by atoms with E-state index >= 15 is 0 Å². The number of halogens is 1. The van der Waals surface area contributed by atoms with Crippen LogP contribution in [0, 0.1) is 12.7 Å². The molecule has 2 aliphatic rings. The fraction of sp³-hybridized carbons (Fsp3) is 0.458. The second-order valence-corrected chi connectivity index (χ2v) is 8.80. The van der Waals surface area contributed by atoms with Crippen molar-refractivity contribution >= 4 is 17.5 Å². The highest BCUT2D eigenvalue weighted by atomic mass is 19.1. The van der Waals surface area contributed by atoms with Crippen molar-refractivity contribution in [2.24, 2.45) is 0 Å². The quantitative estimate of drug-likeness (QED) is 0.629. The average molecular weight is 454 g/mol. The number of aliphatic hydroxyl groups is 1. The van der Waals surface area contributed by atoms with E-state index in [1.165, 1.54) is 6.20 Å². The van der Waals surface area contributed by atoms with E-state index in [0.29, 0.717) is 17.0 Å². The molecule has 33 heavy (non-hydrogen) atoms. The minimum absolute atomic E-state index is 0.0427. The molecule has 176 valence electrons. The smallest absolute Gasteiger partial charge is 0.220 e. The Morgan fingerprint density at radius 2 is 1.94 bits per heavy atom. The third-order valence-electron chi connectivity index (χ3n) is 6.65. The molecule has 0 amide bonds. The number of rotatable bonds is 5. The summed E-state index contributed by atoms with van der Waals surface area (Å²) in [6.45, 7) is 7.33. The monoisotopic (exact) mass is 453 g/mol. The molecule has 1 fully saturated rings. The predicted molar refractivity (Wildman–Crippen MR) is 128 cm³/mol. The normalized spacial score (nSPS) is 20.0. The van der Waals surface area contributed by atoms with Crippen LogP contribution in [0.15, 0.2) is 30.2 Å². The summed E-state index contributed by atoms with van der Waals surface area (Å²) in [7, 11) is 1.79. The zero-order valence-corrected chi connectivity index (χ0v) is 19.4. The summed E-state index contributed by atoms with van der Waals surface area (Å²) in [6, 6.07) is 1.10. The standard InChI is InChI=1S/C24H32FN7O/c1-4-11-32-12-8-15(9-13-32)20-14(2)21(30-24(27)29-20)22-18(33)6-5-17(31(22)3)16-7-10-28-23(26)19(16)25/h5-7,10,15,17,33H,4,8-9,11-13H2,1-3H3,(H2,26,28)(H2,27,29,30). The Morgan fingerprint density at radius 3 is 2.64 bits per heavy atom. The van der Waals surface area contributed by atoms with Crippen molar-refractivity contribution in [3.05, 3.63) is 58.5 Å². The SMILES string of the molecule is CCCN1CCC(c2nc(N)nc(C3=C(O)C=CC(c4ccnc(N)c4F)N3C)c2C)CC1. The number of allylic oxidation sites excluding steroid dienone is 1. The maximum atomic E-state index is 14.7. The lowest BCUT2D eigenvalue weighted by atomic mass is 9.89. The zero-order chi connectivity index (χ0) is 23.7. The number of anilines is 2. The molecule has 2 aromatic heterocycles. The van der Waals surface area contributed by atoms with Crippen molar-refractivity contribution in [3.8, 4) is 0 Å². The number of aromatic nitrogens is 3. The highest BCUT2D eigenvalue weighted by Gasteiger charge is 2.31. The van der Waals surface area contributed by atoms with Gasteiger partial charge < -0.3 is 26.4 Å². The van der Waals surface area contributed by atoms with E-state index in [9.17, 15) is 9.50 Å². The molecule has 1 unspecified atom stereocenters. The summed E-state index contributed by atoms with van der Waals surface area (Å²) < 4.78 is 14.7. The number of nitrogens with two attached hydrogens (primary N) is 2. The van der Waals surface area contributed by atoms with Gasteiger partial charge in [0.15, 0.2) is 11.6 Å². The number of likely N-dealkylation sites (tertiary alicyclic amines) is 1. The van der Waals surface area contributed by atoms with E-state index in [2.05, 4.69) is 26.8 Å². The Kier molecular flexibility index (Phi) is 6.51. The van der Waals surface area contributed by atoms with Crippen LogP contribution in [-0.2, 0) is 0 Å². The molecule has 2 aliphatic heterocycles. The molecule has 0 saturated carbocycles. The Morgan fingerprint density at radius 1 is 1.21 bits per heavy atom. The molecule has 8 nitrogen and oxygen atoms in total. The van der Waals surface area contributed by atoms with Gasteiger partial charge in [0.05, 0.1) is 17.4 Å². The minimum Gasteiger partial charge on any atom is -0.506 e. The van der Waals surface area contributed by atoms with Crippen LogP contribution in [0.3, 0.4) is 0 Å². The van der Waals surface area contributed by atoms with Gasteiger partial charge in [-0.15, -0.1) is 0 Å². The fourth-order valence-corrected chi connectivity index (χ4v) is 4.94. The van der Waals surface area contributed by atoms with Crippen LogP contribution in [0.5, 0.6) is 0 Å². The van der Waals surface area contributed by atoms with Gasteiger partial charge in [-0.25, -0.2) is 19.3 Å². The number of nitrogen functional groups attached to an aromatic ring is 2. The molecule has 0 radical (unpaired) electrons. The van der Waals surface area contributed by atoms with Gasteiger partial charge in [0, 0.05) is 24.7 Å². The first-order chi connectivity index (χ1) is 15.8. The summed E-state index contributed by atoms with van der Waals surface area (Å²) in [5.74, 6) is -0.239. The highest BCUT2D eigenvalue weighted by Crippen LogP contribution is 2.39. The first-order valence-electron chi connectivity index (χ1n) is 11.4. The molecule has 4 rings (SSSR count). The number of hydrogen-bond donors (Lipinski definition) is 3. The van der Waals surface area contributed by atoms with Gasteiger partial charge in [0.1, 0.15) is 11.5 Å². The molecule has 5 N–H and O–H groups in total. The molecule has 1 atom stereocenters. The van der Waals surface area contributed by atoms with E-state index in [1.54, 1.807) is 30.2 Å². The van der Waals surface area contributed by atoms with Crippen molar-refractivity contribution in [2.75, 3.05) is 38.1 Å². The number of pyridine rings is 1. The van der Waals surface area contributed by atoms with Crippen LogP contribution < -0.4 is 11.5 Å². The highest BCUT2D eigenvalue weighted by molar-refractivity contribution is 5.70. The molecular weight excluding hydrogens is 421 g/mol. The van der Waals surface area contributed by atoms with Crippen LogP contribution >= 0.6 is 0 Å². The van der Waals surface area contributed by atoms with E-state index in [0.717, 1.165) is 50.2 Å². The number of hydrogen-bond acceptors (Lipinski definition) is 8. The zero-order valence-electron chi connectivity index (χ0n) is 19.4. The largest absolute Gasteiger partial charge is 0.506 e. The third kappa shape index (κ3) is 4.37. The van der Waals surface area contributed by atoms with Crippen molar-refractivity contribution < 1.29 is 9.50 Å². The summed E-state index contributed by atoms with van der Waals surface area (Å²) >= 11 is 0. The molecule has 0 spiro atoms. The Balaban J connectivity index is 1.70. The predicted octanol–water partition coefficient (Wildman–Crippen LogP) is 3.54. The van der Waals surface area contributed by atoms with Gasteiger partial charge in [0.25, 0.3) is 0 Å². The van der Waals surface area contributed by atoms with Crippen LogP contribution in [0.1, 0.15) is 60.7 Å². The maximum Gasteiger partial charge on any atom is 0.220 e. The number of likely N-dealkylation sites (N-methyl/N-ethyl adjacent to an activating group) is 1. The minimum atomic E-state index is -0.571. The fourth-order valence-electron chi connectivity index (χ4n) is 4.94. The summed E-state index contributed by atoms with van der Waals surface area (Å²) in [6.07, 6.45) is 7.91. The molecule has 1 saturated heterocycles. The second kappa shape index (κ2) is 9.35. The lowest BCUT2D eigenvalue weighted by Gasteiger charge is -2.35. The van der Waals surface area contributed by atoms with E-state index in [-0.39, 0.29) is 23.4 Å². The maximum absolute atomic E-state index is 14.7. The molecule has 0 bridgehead atoms. The van der Waals surface area contributed by atoms with Crippen LogP contribution in [-0.4, -0.2) is 56.5 Å². The topological polar surface area (TPSA) is 117 Å². The Labute approximate surface area is 193 Å². The van der Waals surface area contributed by atoms with Gasteiger partial charge in [-0.1, -0.05) is 13.0 Å². The molecule has 4 heterocycles. The first kappa shape index (κ1) is 23.0. The van der Waals surface area contributed by atoms with E-state index in [1.807, 2.05) is 6.92 Å². The number of nitrogens with zero attached hydrogens (tertiary/aromatic N) is 5. The van der Waals surface area contributed by atoms with Crippen molar-refractivity contribution in [1.82, 2.24) is 24.8 Å². The first-order valence-corrected chi connectivity index (χ1v) is 11.4. The lowest BCUT2D eigenvalue weighted by Crippen LogP contribution is -2.34. The molecule has 0 aromatic carbocycles. The molecular formula is C24H32FN7O.